The van der Waals surface area contributed by atoms with Crippen molar-refractivity contribution in [2.75, 3.05) is 13.1 Å². The van der Waals surface area contributed by atoms with Crippen LogP contribution in [0.15, 0.2) is 36.4 Å². The number of rotatable bonds is 7. The number of Topliss-reactive ketones (excluding diaryl/α,β-unsaturated/α-hetero) is 1. The molecule has 8 nitrogen and oxygen atoms in total. The van der Waals surface area contributed by atoms with Gasteiger partial charge in [0.2, 0.25) is 0 Å². The third-order valence-electron chi connectivity index (χ3n) is 10.7. The molecule has 4 atom stereocenters. The highest BCUT2D eigenvalue weighted by molar-refractivity contribution is 6.40. The number of ether oxygens (including phenoxy) is 2. The van der Waals surface area contributed by atoms with Crippen LogP contribution in [-0.2, 0) is 39.1 Å². The van der Waals surface area contributed by atoms with Crippen molar-refractivity contribution in [3.63, 3.8) is 0 Å². The van der Waals surface area contributed by atoms with E-state index in [9.17, 15) is 19.5 Å². The van der Waals surface area contributed by atoms with Crippen LogP contribution >= 0.6 is 23.2 Å². The molecule has 2 bridgehead atoms. The topological polar surface area (TPSA) is 113 Å². The quantitative estimate of drug-likeness (QED) is 0.274. The van der Waals surface area contributed by atoms with Gasteiger partial charge in [0.1, 0.15) is 0 Å². The number of aliphatic hydroxyl groups is 1. The molecule has 0 aromatic heterocycles. The van der Waals surface area contributed by atoms with Crippen LogP contribution in [0.3, 0.4) is 0 Å². The Bertz CT molecular complexity index is 1790. The van der Waals surface area contributed by atoms with Gasteiger partial charge in [0.05, 0.1) is 33.9 Å². The second-order valence-electron chi connectivity index (χ2n) is 13.1. The molecule has 2 saturated carbocycles. The summed E-state index contributed by atoms with van der Waals surface area (Å²) in [4.78, 5) is 40.3. The predicted molar refractivity (Wildman–Crippen MR) is 163 cm³/mol. The Morgan fingerprint density at radius 1 is 1.00 bits per heavy atom. The maximum absolute atomic E-state index is 13.3. The first kappa shape index (κ1) is 28.3. The molecular weight excluding hydrogens is 605 g/mol. The summed E-state index contributed by atoms with van der Waals surface area (Å²) in [6.07, 6.45) is 3.27. The number of hydrogen-bond acceptors (Lipinski definition) is 7. The molecule has 44 heavy (non-hydrogen) atoms. The lowest BCUT2D eigenvalue weighted by molar-refractivity contribution is -0.188. The standard InChI is InChI=1S/C34H31Cl2NO7/c35-29-19(14-26(39)40)3-6-22-21(29)7-4-20(30(22)36)15-27(41)43-24-8-5-18-13-25-34(42)10-9-23(38)32-33(34,28(18)31(24)44-32)11-12-37(25)16-17-1-2-17/h3-8,17,25,32,42H,1-2,9-16H2,(H,39,40)/t25-,32+,33?,34-/m1/s1. The van der Waals surface area contributed by atoms with E-state index in [1.165, 1.54) is 12.8 Å². The number of halogens is 2. The normalized spacial score (nSPS) is 28.5. The summed E-state index contributed by atoms with van der Waals surface area (Å²) in [5, 5.41) is 23.5. The van der Waals surface area contributed by atoms with E-state index in [-0.39, 0.29) is 36.8 Å². The molecule has 10 heteroatoms. The Hall–Kier alpha value is -3.17. The van der Waals surface area contributed by atoms with Crippen molar-refractivity contribution < 1.29 is 34.1 Å². The van der Waals surface area contributed by atoms with E-state index < -0.39 is 29.1 Å². The van der Waals surface area contributed by atoms with E-state index in [0.29, 0.717) is 62.9 Å². The Balaban J connectivity index is 1.10. The maximum Gasteiger partial charge on any atom is 0.315 e. The number of aliphatic carboxylic acids is 1. The highest BCUT2D eigenvalue weighted by atomic mass is 35.5. The zero-order chi connectivity index (χ0) is 30.5. The summed E-state index contributed by atoms with van der Waals surface area (Å²) in [6, 6.07) is 10.4. The fraction of sp³-hybridized carbons (Fsp3) is 0.441. The molecule has 3 aliphatic carbocycles. The Morgan fingerprint density at radius 3 is 2.39 bits per heavy atom. The number of ketones is 1. The Kier molecular flexibility index (Phi) is 6.38. The van der Waals surface area contributed by atoms with E-state index in [2.05, 4.69) is 4.90 Å². The molecule has 3 aromatic rings. The average molecular weight is 637 g/mol. The van der Waals surface area contributed by atoms with Crippen molar-refractivity contribution in [3.8, 4) is 11.5 Å². The first-order chi connectivity index (χ1) is 21.1. The average Bonchev–Trinajstić information content (AvgIpc) is 3.72. The van der Waals surface area contributed by atoms with Gasteiger partial charge in [0.15, 0.2) is 23.4 Å². The first-order valence-corrected chi connectivity index (χ1v) is 16.0. The van der Waals surface area contributed by atoms with Crippen molar-refractivity contribution >= 4 is 51.7 Å². The van der Waals surface area contributed by atoms with Crippen LogP contribution in [0.2, 0.25) is 10.0 Å². The van der Waals surface area contributed by atoms with E-state index in [1.807, 2.05) is 6.07 Å². The van der Waals surface area contributed by atoms with Gasteiger partial charge in [-0.2, -0.15) is 0 Å². The fourth-order valence-electron chi connectivity index (χ4n) is 8.51. The lowest BCUT2D eigenvalue weighted by Crippen LogP contribution is -2.76. The summed E-state index contributed by atoms with van der Waals surface area (Å²) in [5.74, 6) is -0.233. The van der Waals surface area contributed by atoms with Crippen LogP contribution in [0.1, 0.15) is 54.4 Å². The van der Waals surface area contributed by atoms with E-state index in [1.54, 1.807) is 30.3 Å². The van der Waals surface area contributed by atoms with Crippen LogP contribution in [0.25, 0.3) is 10.8 Å². The minimum atomic E-state index is -1.09. The highest BCUT2D eigenvalue weighted by Crippen LogP contribution is 2.65. The second kappa shape index (κ2) is 9.91. The first-order valence-electron chi connectivity index (χ1n) is 15.2. The molecule has 0 amide bonds. The number of carbonyl (C=O) groups is 3. The molecule has 0 radical (unpaired) electrons. The number of likely N-dealkylation sites (tertiary alicyclic amines) is 1. The summed E-state index contributed by atoms with van der Waals surface area (Å²) >= 11 is 13.2. The predicted octanol–water partition coefficient (Wildman–Crippen LogP) is 5.06. The third kappa shape index (κ3) is 4.00. The largest absolute Gasteiger partial charge is 0.481 e. The SMILES string of the molecule is O=C(O)Cc1ccc2c(Cl)c(CC(=O)Oc3ccc4c5c3O[C@H]3C(=O)CC[C@@]6(O)[C@@H](C4)N(CC4CC4)CCC536)ccc2c1Cl. The van der Waals surface area contributed by atoms with Gasteiger partial charge in [-0.05, 0) is 67.3 Å². The van der Waals surface area contributed by atoms with Gasteiger partial charge in [-0.15, -0.1) is 0 Å². The maximum atomic E-state index is 13.3. The van der Waals surface area contributed by atoms with Crippen molar-refractivity contribution in [1.82, 2.24) is 4.90 Å². The zero-order valence-corrected chi connectivity index (χ0v) is 25.4. The highest BCUT2D eigenvalue weighted by Gasteiger charge is 2.73. The minimum absolute atomic E-state index is 0.0153. The smallest absolute Gasteiger partial charge is 0.315 e. The number of benzene rings is 3. The van der Waals surface area contributed by atoms with Crippen LogP contribution in [-0.4, -0.2) is 63.7 Å². The molecule has 3 aromatic carbocycles. The third-order valence-corrected chi connectivity index (χ3v) is 11.6. The van der Waals surface area contributed by atoms with E-state index in [0.717, 1.165) is 24.2 Å². The van der Waals surface area contributed by atoms with Gasteiger partial charge >= 0.3 is 11.9 Å². The zero-order valence-electron chi connectivity index (χ0n) is 23.9. The number of carboxylic acid groups (broad SMARTS) is 1. The Morgan fingerprint density at radius 2 is 1.70 bits per heavy atom. The number of fused-ring (bicyclic) bond motifs is 1. The summed E-state index contributed by atoms with van der Waals surface area (Å²) in [6.45, 7) is 1.77. The van der Waals surface area contributed by atoms with Crippen molar-refractivity contribution in [3.05, 3.63) is 68.7 Å². The van der Waals surface area contributed by atoms with Crippen LogP contribution in [0.5, 0.6) is 11.5 Å². The van der Waals surface area contributed by atoms with Crippen molar-refractivity contribution in [1.29, 1.82) is 0 Å². The number of hydrogen-bond donors (Lipinski definition) is 2. The molecular formula is C34H31Cl2NO7. The van der Waals surface area contributed by atoms with Crippen LogP contribution in [0.4, 0.5) is 0 Å². The Labute approximate surface area is 263 Å². The molecule has 5 aliphatic rings. The number of esters is 1. The van der Waals surface area contributed by atoms with Gasteiger partial charge in [0.25, 0.3) is 0 Å². The van der Waals surface area contributed by atoms with E-state index >= 15 is 0 Å². The molecule has 8 rings (SSSR count). The van der Waals surface area contributed by atoms with Crippen LogP contribution < -0.4 is 9.47 Å². The molecule has 1 unspecified atom stereocenters. The fourth-order valence-corrected chi connectivity index (χ4v) is 9.10. The van der Waals surface area contributed by atoms with Crippen molar-refractivity contribution in [2.24, 2.45) is 5.92 Å². The molecule has 3 fully saturated rings. The van der Waals surface area contributed by atoms with Gasteiger partial charge in [-0.3, -0.25) is 19.3 Å². The van der Waals surface area contributed by atoms with Crippen LogP contribution in [0, 0.1) is 5.92 Å². The summed E-state index contributed by atoms with van der Waals surface area (Å²) in [7, 11) is 0. The second-order valence-corrected chi connectivity index (χ2v) is 13.8. The number of nitrogens with zero attached hydrogens (tertiary/aromatic N) is 1. The lowest BCUT2D eigenvalue weighted by Gasteiger charge is -2.62. The lowest BCUT2D eigenvalue weighted by atomic mass is 9.49. The van der Waals surface area contributed by atoms with Gasteiger partial charge in [-0.1, -0.05) is 53.5 Å². The van der Waals surface area contributed by atoms with Gasteiger partial charge in [-0.25, -0.2) is 0 Å². The minimum Gasteiger partial charge on any atom is -0.481 e. The number of carbonyl (C=O) groups excluding carboxylic acids is 2. The van der Waals surface area contributed by atoms with E-state index in [4.69, 9.17) is 37.8 Å². The van der Waals surface area contributed by atoms with Gasteiger partial charge < -0.3 is 19.7 Å². The van der Waals surface area contributed by atoms with Gasteiger partial charge in [0, 0.05) is 35.3 Å². The molecule has 2 aliphatic heterocycles. The van der Waals surface area contributed by atoms with Crippen molar-refractivity contribution in [2.45, 2.75) is 74.5 Å². The summed E-state index contributed by atoms with van der Waals surface area (Å²) < 4.78 is 12.3. The monoisotopic (exact) mass is 635 g/mol. The molecule has 228 valence electrons. The molecule has 1 spiro atoms. The number of piperidine rings is 1. The molecule has 1 saturated heterocycles. The molecule has 2 N–H and O–H groups in total. The summed E-state index contributed by atoms with van der Waals surface area (Å²) in [5.41, 5.74) is 0.947. The molecule has 2 heterocycles. The number of carboxylic acids is 1.